The Morgan fingerprint density at radius 1 is 1.06 bits per heavy atom. The summed E-state index contributed by atoms with van der Waals surface area (Å²) < 4.78 is 13.3. The average Bonchev–Trinajstić information content (AvgIpc) is 3.26. The molecule has 1 aromatic heterocycles. The molecule has 1 N–H and O–H groups in total. The zero-order valence-electron chi connectivity index (χ0n) is 18.6. The van der Waals surface area contributed by atoms with Crippen LogP contribution < -0.4 is 10.2 Å². The molecule has 1 heterocycles. The Labute approximate surface area is 192 Å². The summed E-state index contributed by atoms with van der Waals surface area (Å²) >= 11 is 1.55. The van der Waals surface area contributed by atoms with Gasteiger partial charge in [-0.1, -0.05) is 13.0 Å². The topological polar surface area (TPSA) is 52.7 Å². The highest BCUT2D eigenvalue weighted by atomic mass is 32.1. The number of nitrogens with zero attached hydrogens (tertiary/aromatic N) is 2. The normalized spacial score (nSPS) is 10.6. The summed E-state index contributed by atoms with van der Waals surface area (Å²) in [7, 11) is 3.89. The number of carbonyl (C=O) groups is 2. The minimum Gasteiger partial charge on any atom is -0.377 e. The minimum absolute atomic E-state index is 0.0798. The van der Waals surface area contributed by atoms with Gasteiger partial charge in [0.1, 0.15) is 5.82 Å². The van der Waals surface area contributed by atoms with Crippen LogP contribution in [0.2, 0.25) is 0 Å². The first-order chi connectivity index (χ1) is 15.4. The molecule has 0 saturated carbocycles. The van der Waals surface area contributed by atoms with E-state index in [-0.39, 0.29) is 17.6 Å². The lowest BCUT2D eigenvalue weighted by Crippen LogP contribution is -2.32. The van der Waals surface area contributed by atoms with Gasteiger partial charge in [-0.3, -0.25) is 9.59 Å². The molecule has 2 aromatic carbocycles. The van der Waals surface area contributed by atoms with Crippen molar-refractivity contribution in [3.8, 4) is 0 Å². The fraction of sp³-hybridized carbons (Fsp3) is 0.280. The number of carbonyl (C=O) groups excluding carboxylic acids is 2. The second kappa shape index (κ2) is 10.9. The summed E-state index contributed by atoms with van der Waals surface area (Å²) in [6.45, 7) is 2.96. The molecule has 3 rings (SSSR count). The molecule has 0 spiro atoms. The molecular formula is C25H28FN3O2S. The first kappa shape index (κ1) is 23.5. The molecule has 0 fully saturated rings. The van der Waals surface area contributed by atoms with Crippen molar-refractivity contribution in [2.45, 2.75) is 26.3 Å². The molecule has 168 valence electrons. The maximum atomic E-state index is 13.3. The van der Waals surface area contributed by atoms with Crippen LogP contribution in [0.1, 0.15) is 34.1 Å². The van der Waals surface area contributed by atoms with Crippen LogP contribution in [0.4, 0.5) is 15.8 Å². The lowest BCUT2D eigenvalue weighted by molar-refractivity contribution is -0.115. The van der Waals surface area contributed by atoms with Gasteiger partial charge in [-0.2, -0.15) is 0 Å². The molecule has 5 nitrogen and oxygen atoms in total. The van der Waals surface area contributed by atoms with E-state index in [9.17, 15) is 14.0 Å². The highest BCUT2D eigenvalue weighted by Crippen LogP contribution is 2.26. The predicted octanol–water partition coefficient (Wildman–Crippen LogP) is 5.19. The maximum absolute atomic E-state index is 13.3. The van der Waals surface area contributed by atoms with Crippen molar-refractivity contribution < 1.29 is 14.0 Å². The zero-order valence-corrected chi connectivity index (χ0v) is 19.4. The van der Waals surface area contributed by atoms with E-state index in [1.54, 1.807) is 16.2 Å². The fourth-order valence-electron chi connectivity index (χ4n) is 3.51. The van der Waals surface area contributed by atoms with Crippen molar-refractivity contribution in [1.29, 1.82) is 0 Å². The largest absolute Gasteiger partial charge is 0.377 e. The van der Waals surface area contributed by atoms with E-state index in [1.165, 1.54) is 24.3 Å². The van der Waals surface area contributed by atoms with E-state index >= 15 is 0 Å². The lowest BCUT2D eigenvalue weighted by atomic mass is 10.1. The van der Waals surface area contributed by atoms with Gasteiger partial charge in [0, 0.05) is 49.0 Å². The van der Waals surface area contributed by atoms with Crippen molar-refractivity contribution in [3.63, 3.8) is 0 Å². The molecule has 0 saturated heterocycles. The molecular weight excluding hydrogens is 425 g/mol. The molecule has 2 amide bonds. The Morgan fingerprint density at radius 2 is 1.81 bits per heavy atom. The molecule has 32 heavy (non-hydrogen) atoms. The van der Waals surface area contributed by atoms with Gasteiger partial charge >= 0.3 is 0 Å². The Balaban J connectivity index is 1.82. The number of rotatable bonds is 9. The summed E-state index contributed by atoms with van der Waals surface area (Å²) in [4.78, 5) is 30.3. The van der Waals surface area contributed by atoms with Crippen molar-refractivity contribution in [1.82, 2.24) is 4.90 Å². The van der Waals surface area contributed by atoms with E-state index < -0.39 is 0 Å². The van der Waals surface area contributed by atoms with Crippen molar-refractivity contribution in [2.75, 3.05) is 30.9 Å². The van der Waals surface area contributed by atoms with E-state index in [1.807, 2.05) is 61.6 Å². The van der Waals surface area contributed by atoms with Crippen LogP contribution in [-0.4, -0.2) is 37.4 Å². The number of anilines is 2. The van der Waals surface area contributed by atoms with Crippen molar-refractivity contribution in [2.24, 2.45) is 0 Å². The molecule has 0 unspecified atom stereocenters. The molecule has 0 atom stereocenters. The molecule has 0 bridgehead atoms. The van der Waals surface area contributed by atoms with Crippen LogP contribution in [0.5, 0.6) is 0 Å². The van der Waals surface area contributed by atoms with Gasteiger partial charge in [0.15, 0.2) is 0 Å². The van der Waals surface area contributed by atoms with E-state index in [0.29, 0.717) is 30.8 Å². The van der Waals surface area contributed by atoms with E-state index in [2.05, 4.69) is 5.32 Å². The minimum atomic E-state index is -0.371. The zero-order chi connectivity index (χ0) is 23.1. The molecule has 7 heteroatoms. The lowest BCUT2D eigenvalue weighted by Gasteiger charge is -2.26. The number of hydrogen-bond acceptors (Lipinski definition) is 4. The highest BCUT2D eigenvalue weighted by molar-refractivity contribution is 7.10. The van der Waals surface area contributed by atoms with Crippen LogP contribution in [-0.2, 0) is 17.8 Å². The first-order valence-corrected chi connectivity index (χ1v) is 11.4. The Morgan fingerprint density at radius 3 is 2.44 bits per heavy atom. The summed E-state index contributed by atoms with van der Waals surface area (Å²) in [5.41, 5.74) is 3.03. The smallest absolute Gasteiger partial charge is 0.254 e. The van der Waals surface area contributed by atoms with Gasteiger partial charge in [0.05, 0.1) is 6.42 Å². The summed E-state index contributed by atoms with van der Waals surface area (Å²) in [6, 6.07) is 15.2. The SMILES string of the molecule is CCCN(Cc1cc(NC(=O)Cc2cccs2)ccc1N(C)C)C(=O)c1ccc(F)cc1. The standard InChI is InChI=1S/C25H28FN3O2S/c1-4-13-29(25(31)18-7-9-20(26)10-8-18)17-19-15-21(11-12-23(19)28(2)3)27-24(30)16-22-6-5-14-32-22/h5-12,14-15H,4,13,16-17H2,1-3H3,(H,27,30). The fourth-order valence-corrected chi connectivity index (χ4v) is 4.21. The summed E-state index contributed by atoms with van der Waals surface area (Å²) in [5, 5.41) is 4.91. The number of amides is 2. The van der Waals surface area contributed by atoms with E-state index in [0.717, 1.165) is 22.5 Å². The van der Waals surface area contributed by atoms with Gasteiger partial charge in [-0.25, -0.2) is 4.39 Å². The summed E-state index contributed by atoms with van der Waals surface area (Å²) in [5.74, 6) is -0.600. The van der Waals surface area contributed by atoms with Gasteiger partial charge in [0.2, 0.25) is 5.91 Å². The van der Waals surface area contributed by atoms with Crippen LogP contribution in [0.15, 0.2) is 60.0 Å². The quantitative estimate of drug-likeness (QED) is 0.485. The Hall–Kier alpha value is -3.19. The maximum Gasteiger partial charge on any atom is 0.254 e. The Bertz CT molecular complexity index is 1050. The number of thiophene rings is 1. The molecule has 0 aliphatic rings. The van der Waals surface area contributed by atoms with Crippen molar-refractivity contribution in [3.05, 3.63) is 81.8 Å². The third-order valence-corrected chi connectivity index (χ3v) is 5.87. The monoisotopic (exact) mass is 453 g/mol. The molecule has 0 aliphatic heterocycles. The van der Waals surface area contributed by atoms with Crippen LogP contribution in [0.3, 0.4) is 0 Å². The van der Waals surface area contributed by atoms with E-state index in [4.69, 9.17) is 0 Å². The number of nitrogens with one attached hydrogen (secondary N) is 1. The molecule has 0 aliphatic carbocycles. The summed E-state index contributed by atoms with van der Waals surface area (Å²) in [6.07, 6.45) is 1.12. The Kier molecular flexibility index (Phi) is 8.00. The number of hydrogen-bond donors (Lipinski definition) is 1. The first-order valence-electron chi connectivity index (χ1n) is 10.5. The predicted molar refractivity (Wildman–Crippen MR) is 129 cm³/mol. The highest BCUT2D eigenvalue weighted by Gasteiger charge is 2.18. The number of benzene rings is 2. The second-order valence-corrected chi connectivity index (χ2v) is 8.81. The van der Waals surface area contributed by atoms with Crippen molar-refractivity contribution >= 4 is 34.5 Å². The molecule has 0 radical (unpaired) electrons. The van der Waals surface area contributed by atoms with Gasteiger partial charge < -0.3 is 15.1 Å². The second-order valence-electron chi connectivity index (χ2n) is 7.78. The third kappa shape index (κ3) is 6.17. The average molecular weight is 454 g/mol. The van der Waals surface area contributed by atoms with Crippen LogP contribution in [0.25, 0.3) is 0 Å². The van der Waals surface area contributed by atoms with Crippen LogP contribution >= 0.6 is 11.3 Å². The van der Waals surface area contributed by atoms with Gasteiger partial charge in [-0.05, 0) is 65.9 Å². The van der Waals surface area contributed by atoms with Crippen LogP contribution in [0, 0.1) is 5.82 Å². The van der Waals surface area contributed by atoms with Gasteiger partial charge in [-0.15, -0.1) is 11.3 Å². The number of halogens is 1. The molecule has 3 aromatic rings. The van der Waals surface area contributed by atoms with Gasteiger partial charge in [0.25, 0.3) is 5.91 Å². The third-order valence-electron chi connectivity index (χ3n) is 4.99.